The number of carbonyl (C=O) groups excluding carboxylic acids is 1. The van der Waals surface area contributed by atoms with E-state index in [4.69, 9.17) is 14.6 Å². The van der Waals surface area contributed by atoms with E-state index < -0.39 is 11.9 Å². The number of aromatic carboxylic acids is 1. The number of benzene rings is 3. The average Bonchev–Trinajstić information content (AvgIpc) is 2.82. The van der Waals surface area contributed by atoms with Gasteiger partial charge in [-0.1, -0.05) is 18.2 Å². The van der Waals surface area contributed by atoms with Crippen molar-refractivity contribution < 1.29 is 24.2 Å². The zero-order valence-corrected chi connectivity index (χ0v) is 22.9. The van der Waals surface area contributed by atoms with Gasteiger partial charge in [-0.3, -0.25) is 4.79 Å². The van der Waals surface area contributed by atoms with Crippen LogP contribution in [-0.2, 0) is 11.4 Å². The monoisotopic (exact) mass is 694 g/mol. The molecule has 0 fully saturated rings. The Balaban J connectivity index is 1.73. The van der Waals surface area contributed by atoms with Crippen LogP contribution < -0.4 is 14.8 Å². The molecular formula is C26H20I2N2O5. The minimum Gasteiger partial charge on any atom is -0.494 e. The van der Waals surface area contributed by atoms with Gasteiger partial charge < -0.3 is 19.9 Å². The fraction of sp³-hybridized carbons (Fsp3) is 0.115. The highest BCUT2D eigenvalue weighted by Gasteiger charge is 2.13. The first-order valence-corrected chi connectivity index (χ1v) is 12.6. The number of nitrogens with zero attached hydrogens (tertiary/aromatic N) is 1. The minimum absolute atomic E-state index is 0.0365. The number of hydrogen-bond donors (Lipinski definition) is 2. The molecule has 0 aliphatic carbocycles. The molecule has 0 unspecified atom stereocenters. The Morgan fingerprint density at radius 3 is 2.34 bits per heavy atom. The molecule has 0 spiro atoms. The molecule has 0 bridgehead atoms. The Kier molecular flexibility index (Phi) is 9.50. The highest BCUT2D eigenvalue weighted by molar-refractivity contribution is 14.1. The van der Waals surface area contributed by atoms with E-state index in [1.807, 2.05) is 25.1 Å². The van der Waals surface area contributed by atoms with E-state index in [0.29, 0.717) is 29.4 Å². The smallest absolute Gasteiger partial charge is 0.335 e. The highest BCUT2D eigenvalue weighted by atomic mass is 127. The van der Waals surface area contributed by atoms with E-state index >= 15 is 0 Å². The summed E-state index contributed by atoms with van der Waals surface area (Å²) in [6, 6.07) is 19.1. The molecule has 0 heterocycles. The molecule has 3 aromatic carbocycles. The molecule has 1 amide bonds. The van der Waals surface area contributed by atoms with Crippen molar-refractivity contribution in [3.05, 3.63) is 90.1 Å². The van der Waals surface area contributed by atoms with Crippen molar-refractivity contribution in [3.63, 3.8) is 0 Å². The number of carboxylic acids is 1. The van der Waals surface area contributed by atoms with Gasteiger partial charge in [0, 0.05) is 11.8 Å². The van der Waals surface area contributed by atoms with Crippen molar-refractivity contribution in [1.29, 1.82) is 5.26 Å². The number of rotatable bonds is 9. The Labute approximate surface area is 230 Å². The molecule has 178 valence electrons. The predicted octanol–water partition coefficient (Wildman–Crippen LogP) is 6.12. The number of nitrogens with one attached hydrogen (secondary N) is 1. The Bertz CT molecular complexity index is 1290. The second-order valence-corrected chi connectivity index (χ2v) is 9.51. The topological polar surface area (TPSA) is 109 Å². The highest BCUT2D eigenvalue weighted by Crippen LogP contribution is 2.30. The van der Waals surface area contributed by atoms with Crippen molar-refractivity contribution >= 4 is 68.8 Å². The maximum Gasteiger partial charge on any atom is 0.335 e. The molecule has 0 atom stereocenters. The van der Waals surface area contributed by atoms with Crippen LogP contribution in [0.1, 0.15) is 28.4 Å². The molecular weight excluding hydrogens is 674 g/mol. The van der Waals surface area contributed by atoms with Gasteiger partial charge >= 0.3 is 5.97 Å². The summed E-state index contributed by atoms with van der Waals surface area (Å²) in [4.78, 5) is 23.7. The first-order valence-electron chi connectivity index (χ1n) is 10.4. The molecule has 0 radical (unpaired) electrons. The summed E-state index contributed by atoms with van der Waals surface area (Å²) in [6.45, 7) is 2.65. The van der Waals surface area contributed by atoms with Gasteiger partial charge in [0.2, 0.25) is 0 Å². The third-order valence-corrected chi connectivity index (χ3v) is 6.29. The fourth-order valence-corrected chi connectivity index (χ4v) is 5.17. The maximum atomic E-state index is 12.7. The molecule has 3 aromatic rings. The standard InChI is InChI=1S/C26H20I2N2O5/c1-2-34-21-5-3-4-20(13-21)30-25(31)19(14-29)10-17-11-22(27)24(23(28)12-17)35-15-16-6-8-18(9-7-16)26(32)33/h3-13H,2,15H2,1H3,(H,30,31)(H,32,33)/b19-10-. The summed E-state index contributed by atoms with van der Waals surface area (Å²) in [5, 5.41) is 21.3. The second-order valence-electron chi connectivity index (χ2n) is 7.19. The van der Waals surface area contributed by atoms with Crippen molar-refractivity contribution in [2.75, 3.05) is 11.9 Å². The predicted molar refractivity (Wildman–Crippen MR) is 149 cm³/mol. The average molecular weight is 694 g/mol. The third-order valence-electron chi connectivity index (χ3n) is 4.68. The van der Waals surface area contributed by atoms with Crippen LogP contribution in [0.2, 0.25) is 0 Å². The summed E-state index contributed by atoms with van der Waals surface area (Å²) in [7, 11) is 0. The number of amides is 1. The summed E-state index contributed by atoms with van der Waals surface area (Å²) in [5.74, 6) is -0.197. The van der Waals surface area contributed by atoms with Gasteiger partial charge in [0.25, 0.3) is 5.91 Å². The van der Waals surface area contributed by atoms with Gasteiger partial charge in [-0.25, -0.2) is 4.79 Å². The lowest BCUT2D eigenvalue weighted by atomic mass is 10.1. The van der Waals surface area contributed by atoms with Gasteiger partial charge in [0.05, 0.1) is 19.3 Å². The van der Waals surface area contributed by atoms with Crippen LogP contribution in [0.25, 0.3) is 6.08 Å². The number of ether oxygens (including phenoxy) is 2. The van der Waals surface area contributed by atoms with Crippen LogP contribution in [0.5, 0.6) is 11.5 Å². The minimum atomic E-state index is -0.977. The van der Waals surface area contributed by atoms with Gasteiger partial charge in [0.15, 0.2) is 0 Å². The van der Waals surface area contributed by atoms with Crippen LogP contribution in [0.15, 0.2) is 66.2 Å². The van der Waals surface area contributed by atoms with Crippen molar-refractivity contribution in [1.82, 2.24) is 0 Å². The summed E-state index contributed by atoms with van der Waals surface area (Å²) in [6.07, 6.45) is 1.53. The molecule has 2 N–H and O–H groups in total. The third kappa shape index (κ3) is 7.43. The van der Waals surface area contributed by atoms with Crippen LogP contribution in [0, 0.1) is 18.5 Å². The van der Waals surface area contributed by atoms with E-state index in [1.165, 1.54) is 18.2 Å². The number of carbonyl (C=O) groups is 2. The van der Waals surface area contributed by atoms with E-state index in [0.717, 1.165) is 12.7 Å². The number of halogens is 2. The molecule has 9 heteroatoms. The maximum absolute atomic E-state index is 12.7. The lowest BCUT2D eigenvalue weighted by molar-refractivity contribution is -0.112. The zero-order chi connectivity index (χ0) is 25.4. The number of hydrogen-bond acceptors (Lipinski definition) is 5. The Hall–Kier alpha value is -3.11. The van der Waals surface area contributed by atoms with Crippen LogP contribution >= 0.6 is 45.2 Å². The molecule has 0 saturated carbocycles. The van der Waals surface area contributed by atoms with Crippen LogP contribution in [0.4, 0.5) is 5.69 Å². The number of anilines is 1. The van der Waals surface area contributed by atoms with Gasteiger partial charge in [0.1, 0.15) is 29.7 Å². The summed E-state index contributed by atoms with van der Waals surface area (Å²) >= 11 is 4.28. The van der Waals surface area contributed by atoms with Crippen molar-refractivity contribution in [2.45, 2.75) is 13.5 Å². The lowest BCUT2D eigenvalue weighted by Gasteiger charge is -2.12. The van der Waals surface area contributed by atoms with E-state index in [-0.39, 0.29) is 17.7 Å². The van der Waals surface area contributed by atoms with E-state index in [2.05, 4.69) is 50.5 Å². The summed E-state index contributed by atoms with van der Waals surface area (Å²) in [5.41, 5.74) is 2.24. The van der Waals surface area contributed by atoms with Crippen LogP contribution in [0.3, 0.4) is 0 Å². The molecule has 0 aliphatic heterocycles. The molecule has 0 aromatic heterocycles. The van der Waals surface area contributed by atoms with Gasteiger partial charge in [-0.2, -0.15) is 5.26 Å². The molecule has 3 rings (SSSR count). The first kappa shape index (κ1) is 26.5. The first-order chi connectivity index (χ1) is 16.8. The van der Waals surface area contributed by atoms with Crippen LogP contribution in [-0.4, -0.2) is 23.6 Å². The lowest BCUT2D eigenvalue weighted by Crippen LogP contribution is -2.13. The SMILES string of the molecule is CCOc1cccc(NC(=O)/C(C#N)=C\c2cc(I)c(OCc3ccc(C(=O)O)cc3)c(I)c2)c1. The normalized spacial score (nSPS) is 10.9. The summed E-state index contributed by atoms with van der Waals surface area (Å²) < 4.78 is 13.0. The quantitative estimate of drug-likeness (QED) is 0.159. The second kappa shape index (κ2) is 12.6. The van der Waals surface area contributed by atoms with E-state index in [1.54, 1.807) is 36.4 Å². The fourth-order valence-electron chi connectivity index (χ4n) is 3.04. The van der Waals surface area contributed by atoms with Crippen molar-refractivity contribution in [2.24, 2.45) is 0 Å². The van der Waals surface area contributed by atoms with Crippen molar-refractivity contribution in [3.8, 4) is 17.6 Å². The molecule has 35 heavy (non-hydrogen) atoms. The molecule has 0 aliphatic rings. The largest absolute Gasteiger partial charge is 0.494 e. The number of nitriles is 1. The van der Waals surface area contributed by atoms with Gasteiger partial charge in [-0.05, 0) is 106 Å². The van der Waals surface area contributed by atoms with E-state index in [9.17, 15) is 14.9 Å². The molecule has 0 saturated heterocycles. The number of carboxylic acid groups (broad SMARTS) is 1. The Morgan fingerprint density at radius 1 is 1.06 bits per heavy atom. The zero-order valence-electron chi connectivity index (χ0n) is 18.5. The van der Waals surface area contributed by atoms with Gasteiger partial charge in [-0.15, -0.1) is 0 Å². The Morgan fingerprint density at radius 2 is 1.74 bits per heavy atom. The molecule has 7 nitrogen and oxygen atoms in total.